The molecule has 0 amide bonds. The fourth-order valence-corrected chi connectivity index (χ4v) is 4.76. The lowest BCUT2D eigenvalue weighted by Crippen LogP contribution is -2.39. The zero-order valence-electron chi connectivity index (χ0n) is 22.6. The third-order valence-corrected chi connectivity index (χ3v) is 6.50. The first-order valence-electron chi connectivity index (χ1n) is 12.9. The van der Waals surface area contributed by atoms with E-state index in [2.05, 4.69) is 65.2 Å². The second-order valence-electron chi connectivity index (χ2n) is 10.3. The molecule has 0 spiro atoms. The average molecular weight is 483 g/mol. The Hall–Kier alpha value is -2.57. The highest BCUT2D eigenvalue weighted by atomic mass is 16.5. The Balaban J connectivity index is 1.76. The lowest BCUT2D eigenvalue weighted by molar-refractivity contribution is 0.142. The summed E-state index contributed by atoms with van der Waals surface area (Å²) in [6.45, 7) is 20.4. The Kier molecular flexibility index (Phi) is 9.20. The zero-order chi connectivity index (χ0) is 25.7. The van der Waals surface area contributed by atoms with Crippen LogP contribution < -0.4 is 14.9 Å². The van der Waals surface area contributed by atoms with Crippen molar-refractivity contribution in [1.82, 2.24) is 9.80 Å². The third kappa shape index (κ3) is 6.77. The van der Waals surface area contributed by atoms with E-state index in [0.717, 1.165) is 13.1 Å². The highest BCUT2D eigenvalue weighted by molar-refractivity contribution is 5.90. The highest BCUT2D eigenvalue weighted by Crippen LogP contribution is 2.26. The van der Waals surface area contributed by atoms with Gasteiger partial charge in [0.1, 0.15) is 35.9 Å². The van der Waals surface area contributed by atoms with Gasteiger partial charge < -0.3 is 13.9 Å². The standard InChI is InChI=1S/C29H42N2O4/c1-19(2)30(20(3)4)13-15-33-23-9-11-25-27(17-23)35-28-18-24(10-12-26(28)29(25)32)34-16-14-31(21(5)6)22(7)8/h9-12,17-22H,13-16H2,1-8H3. The summed E-state index contributed by atoms with van der Waals surface area (Å²) in [6.07, 6.45) is 0. The number of ether oxygens (including phenoxy) is 2. The van der Waals surface area contributed by atoms with E-state index in [0.29, 0.717) is 70.8 Å². The van der Waals surface area contributed by atoms with Gasteiger partial charge in [0.15, 0.2) is 0 Å². The van der Waals surface area contributed by atoms with Gasteiger partial charge in [-0.1, -0.05) is 0 Å². The number of benzene rings is 2. The fraction of sp³-hybridized carbons (Fsp3) is 0.552. The molecule has 0 aliphatic carbocycles. The fourth-order valence-electron chi connectivity index (χ4n) is 4.76. The minimum atomic E-state index is -0.0454. The lowest BCUT2D eigenvalue weighted by atomic mass is 10.1. The van der Waals surface area contributed by atoms with Crippen molar-refractivity contribution in [3.05, 3.63) is 46.6 Å². The van der Waals surface area contributed by atoms with Gasteiger partial charge in [-0.3, -0.25) is 14.6 Å². The molecular formula is C29H42N2O4. The minimum absolute atomic E-state index is 0.0454. The van der Waals surface area contributed by atoms with Gasteiger partial charge in [-0.25, -0.2) is 0 Å². The summed E-state index contributed by atoms with van der Waals surface area (Å²) < 4.78 is 18.1. The molecule has 192 valence electrons. The Bertz CT molecular complexity index is 1060. The van der Waals surface area contributed by atoms with E-state index in [1.54, 1.807) is 12.1 Å². The summed E-state index contributed by atoms with van der Waals surface area (Å²) in [5, 5.41) is 1.10. The summed E-state index contributed by atoms with van der Waals surface area (Å²) in [7, 11) is 0. The maximum Gasteiger partial charge on any atom is 0.200 e. The molecule has 3 rings (SSSR count). The largest absolute Gasteiger partial charge is 0.492 e. The highest BCUT2D eigenvalue weighted by Gasteiger charge is 2.15. The van der Waals surface area contributed by atoms with E-state index in [9.17, 15) is 4.79 Å². The van der Waals surface area contributed by atoms with Crippen molar-refractivity contribution < 1.29 is 13.9 Å². The van der Waals surface area contributed by atoms with Gasteiger partial charge >= 0.3 is 0 Å². The first kappa shape index (κ1) is 27.0. The van der Waals surface area contributed by atoms with Crippen LogP contribution >= 0.6 is 0 Å². The first-order chi connectivity index (χ1) is 16.6. The SMILES string of the molecule is CC(C)N(CCOc1ccc2c(=O)c3ccc(OCCN(C(C)C)C(C)C)cc3oc2c1)C(C)C. The summed E-state index contributed by atoms with van der Waals surface area (Å²) >= 11 is 0. The molecule has 0 aliphatic heterocycles. The molecule has 0 aliphatic rings. The van der Waals surface area contributed by atoms with E-state index < -0.39 is 0 Å². The zero-order valence-corrected chi connectivity index (χ0v) is 22.6. The van der Waals surface area contributed by atoms with Crippen molar-refractivity contribution in [2.45, 2.75) is 79.6 Å². The van der Waals surface area contributed by atoms with Gasteiger partial charge in [0, 0.05) is 49.4 Å². The maximum absolute atomic E-state index is 13.1. The second kappa shape index (κ2) is 11.9. The van der Waals surface area contributed by atoms with Crippen LogP contribution in [-0.4, -0.2) is 60.3 Å². The van der Waals surface area contributed by atoms with Crippen LogP contribution in [0.15, 0.2) is 45.6 Å². The predicted octanol–water partition coefficient (Wildman–Crippen LogP) is 5.94. The smallest absolute Gasteiger partial charge is 0.200 e. The normalized spacial score (nSPS) is 12.4. The van der Waals surface area contributed by atoms with Crippen molar-refractivity contribution in [3.8, 4) is 11.5 Å². The van der Waals surface area contributed by atoms with Crippen molar-refractivity contribution >= 4 is 21.9 Å². The molecule has 3 aromatic rings. The Morgan fingerprint density at radius 2 is 1.03 bits per heavy atom. The van der Waals surface area contributed by atoms with Crippen molar-refractivity contribution in [3.63, 3.8) is 0 Å². The van der Waals surface area contributed by atoms with Gasteiger partial charge in [-0.15, -0.1) is 0 Å². The minimum Gasteiger partial charge on any atom is -0.492 e. The summed E-state index contributed by atoms with van der Waals surface area (Å²) in [4.78, 5) is 17.8. The molecule has 1 heterocycles. The van der Waals surface area contributed by atoms with E-state index >= 15 is 0 Å². The molecule has 0 bridgehead atoms. The maximum atomic E-state index is 13.1. The van der Waals surface area contributed by atoms with Crippen LogP contribution in [0.25, 0.3) is 21.9 Å². The third-order valence-electron chi connectivity index (χ3n) is 6.50. The molecule has 0 saturated heterocycles. The van der Waals surface area contributed by atoms with Gasteiger partial charge in [0.05, 0.1) is 10.8 Å². The molecule has 0 atom stereocenters. The van der Waals surface area contributed by atoms with Crippen LogP contribution in [-0.2, 0) is 0 Å². The van der Waals surface area contributed by atoms with Crippen LogP contribution in [0.1, 0.15) is 55.4 Å². The van der Waals surface area contributed by atoms with Crippen molar-refractivity contribution in [2.24, 2.45) is 0 Å². The number of hydrogen-bond acceptors (Lipinski definition) is 6. The molecule has 0 N–H and O–H groups in total. The number of fused-ring (bicyclic) bond motifs is 2. The van der Waals surface area contributed by atoms with Gasteiger partial charge in [0.2, 0.25) is 5.43 Å². The van der Waals surface area contributed by atoms with Crippen LogP contribution in [0, 0.1) is 0 Å². The quantitative estimate of drug-likeness (QED) is 0.298. The van der Waals surface area contributed by atoms with Gasteiger partial charge in [-0.05, 0) is 79.7 Å². The molecule has 6 heteroatoms. The molecular weight excluding hydrogens is 440 g/mol. The summed E-state index contributed by atoms with van der Waals surface area (Å²) in [5.41, 5.74) is 0.996. The van der Waals surface area contributed by atoms with Crippen molar-refractivity contribution in [1.29, 1.82) is 0 Å². The molecule has 0 fully saturated rings. The van der Waals surface area contributed by atoms with E-state index in [4.69, 9.17) is 13.9 Å². The topological polar surface area (TPSA) is 55.1 Å². The van der Waals surface area contributed by atoms with Gasteiger partial charge in [-0.2, -0.15) is 0 Å². The summed E-state index contributed by atoms with van der Waals surface area (Å²) in [5.74, 6) is 1.39. The van der Waals surface area contributed by atoms with Crippen LogP contribution in [0.3, 0.4) is 0 Å². The summed E-state index contributed by atoms with van der Waals surface area (Å²) in [6, 6.07) is 12.7. The predicted molar refractivity (Wildman–Crippen MR) is 145 cm³/mol. The molecule has 0 unspecified atom stereocenters. The van der Waals surface area contributed by atoms with Crippen LogP contribution in [0.5, 0.6) is 11.5 Å². The Morgan fingerprint density at radius 1 is 0.657 bits per heavy atom. The number of nitrogens with zero attached hydrogens (tertiary/aromatic N) is 2. The van der Waals surface area contributed by atoms with E-state index in [1.165, 1.54) is 0 Å². The molecule has 1 aromatic heterocycles. The van der Waals surface area contributed by atoms with Crippen molar-refractivity contribution in [2.75, 3.05) is 26.3 Å². The lowest BCUT2D eigenvalue weighted by Gasteiger charge is -2.30. The molecule has 35 heavy (non-hydrogen) atoms. The monoisotopic (exact) mass is 482 g/mol. The van der Waals surface area contributed by atoms with E-state index in [-0.39, 0.29) is 5.43 Å². The second-order valence-corrected chi connectivity index (χ2v) is 10.3. The Morgan fingerprint density at radius 3 is 1.37 bits per heavy atom. The van der Waals surface area contributed by atoms with Crippen LogP contribution in [0.2, 0.25) is 0 Å². The first-order valence-corrected chi connectivity index (χ1v) is 12.9. The number of rotatable bonds is 12. The molecule has 2 aromatic carbocycles. The van der Waals surface area contributed by atoms with Crippen LogP contribution in [0.4, 0.5) is 0 Å². The molecule has 0 radical (unpaired) electrons. The number of hydrogen-bond donors (Lipinski definition) is 0. The Labute approximate surface area is 209 Å². The molecule has 6 nitrogen and oxygen atoms in total. The van der Waals surface area contributed by atoms with Gasteiger partial charge in [0.25, 0.3) is 0 Å². The van der Waals surface area contributed by atoms with E-state index in [1.807, 2.05) is 24.3 Å². The molecule has 0 saturated carbocycles. The average Bonchev–Trinajstić information content (AvgIpc) is 2.78.